The van der Waals surface area contributed by atoms with Crippen LogP contribution in [0.5, 0.6) is 0 Å². The van der Waals surface area contributed by atoms with Gasteiger partial charge in [-0.05, 0) is 52.9 Å². The molecule has 0 fully saturated rings. The second-order valence-corrected chi connectivity index (χ2v) is 5.19. The van der Waals surface area contributed by atoms with Crippen molar-refractivity contribution in [1.29, 1.82) is 0 Å². The van der Waals surface area contributed by atoms with Crippen LogP contribution in [-0.2, 0) is 13.6 Å². The maximum atomic E-state index is 5.91. The first kappa shape index (κ1) is 11.8. The highest BCUT2D eigenvalue weighted by Crippen LogP contribution is 2.22. The zero-order valence-electron chi connectivity index (χ0n) is 8.87. The maximum absolute atomic E-state index is 5.91. The lowest BCUT2D eigenvalue weighted by Crippen LogP contribution is -2.04. The summed E-state index contributed by atoms with van der Waals surface area (Å²) in [5, 5.41) is 4.17. The lowest BCUT2D eigenvalue weighted by atomic mass is 10.3. The van der Waals surface area contributed by atoms with Crippen LogP contribution in [0.25, 0.3) is 0 Å². The quantitative estimate of drug-likeness (QED) is 0.834. The Labute approximate surface area is 114 Å². The fourth-order valence-electron chi connectivity index (χ4n) is 1.50. The summed E-state index contributed by atoms with van der Waals surface area (Å²) < 4.78 is 3.25. The maximum Gasteiger partial charge on any atom is 0.0553 e. The lowest BCUT2D eigenvalue weighted by molar-refractivity contribution is 0.842. The molecule has 84 valence electrons. The van der Waals surface area contributed by atoms with Crippen LogP contribution in [0.15, 0.2) is 36.5 Å². The van der Waals surface area contributed by atoms with Crippen molar-refractivity contribution in [1.82, 2.24) is 4.57 Å². The molecule has 0 spiro atoms. The topological polar surface area (TPSA) is 17.0 Å². The standard InChI is InChI=1S/C12H12ClIN2/c1-16-6-2-3-10(16)8-15-12-5-4-9(13)7-11(12)14/h2-7,15H,8H2,1H3. The summed E-state index contributed by atoms with van der Waals surface area (Å²) >= 11 is 8.19. The summed E-state index contributed by atoms with van der Waals surface area (Å²) in [6.45, 7) is 0.821. The third kappa shape index (κ3) is 2.71. The number of benzene rings is 1. The van der Waals surface area contributed by atoms with Crippen LogP contribution in [-0.4, -0.2) is 4.57 Å². The first-order valence-electron chi connectivity index (χ1n) is 4.96. The number of nitrogens with one attached hydrogen (secondary N) is 1. The highest BCUT2D eigenvalue weighted by Gasteiger charge is 2.01. The van der Waals surface area contributed by atoms with Gasteiger partial charge in [0.15, 0.2) is 0 Å². The SMILES string of the molecule is Cn1cccc1CNc1ccc(Cl)cc1I. The molecule has 1 heterocycles. The molecule has 0 saturated heterocycles. The van der Waals surface area contributed by atoms with Crippen LogP contribution in [0.3, 0.4) is 0 Å². The predicted molar refractivity (Wildman–Crippen MR) is 76.9 cm³/mol. The molecule has 16 heavy (non-hydrogen) atoms. The predicted octanol–water partition coefficient (Wildman–Crippen LogP) is 3.90. The molecule has 2 aromatic rings. The van der Waals surface area contributed by atoms with Crippen molar-refractivity contribution < 1.29 is 0 Å². The van der Waals surface area contributed by atoms with E-state index in [-0.39, 0.29) is 0 Å². The smallest absolute Gasteiger partial charge is 0.0553 e. The average Bonchev–Trinajstić information content (AvgIpc) is 2.63. The van der Waals surface area contributed by atoms with Gasteiger partial charge >= 0.3 is 0 Å². The van der Waals surface area contributed by atoms with Gasteiger partial charge in [-0.25, -0.2) is 0 Å². The van der Waals surface area contributed by atoms with Gasteiger partial charge < -0.3 is 9.88 Å². The number of aromatic nitrogens is 1. The van der Waals surface area contributed by atoms with Crippen LogP contribution in [0.1, 0.15) is 5.69 Å². The third-order valence-corrected chi connectivity index (χ3v) is 3.57. The Hall–Kier alpha value is -0.680. The molecular formula is C12H12ClIN2. The Bertz CT molecular complexity index is 494. The van der Waals surface area contributed by atoms with Crippen molar-refractivity contribution >= 4 is 39.9 Å². The number of halogens is 2. The van der Waals surface area contributed by atoms with Gasteiger partial charge in [0.1, 0.15) is 0 Å². The van der Waals surface area contributed by atoms with E-state index >= 15 is 0 Å². The highest BCUT2D eigenvalue weighted by atomic mass is 127. The van der Waals surface area contributed by atoms with Crippen molar-refractivity contribution in [3.8, 4) is 0 Å². The monoisotopic (exact) mass is 346 g/mol. The van der Waals surface area contributed by atoms with Crippen LogP contribution in [0, 0.1) is 3.57 Å². The van der Waals surface area contributed by atoms with E-state index in [1.54, 1.807) is 0 Å². The molecule has 0 aliphatic heterocycles. The second kappa shape index (κ2) is 5.10. The number of hydrogen-bond donors (Lipinski definition) is 1. The van der Waals surface area contributed by atoms with E-state index in [0.29, 0.717) is 0 Å². The van der Waals surface area contributed by atoms with Crippen LogP contribution in [0.4, 0.5) is 5.69 Å². The Morgan fingerprint density at radius 2 is 2.19 bits per heavy atom. The Kier molecular flexibility index (Phi) is 3.76. The minimum Gasteiger partial charge on any atom is -0.379 e. The molecule has 2 nitrogen and oxygen atoms in total. The summed E-state index contributed by atoms with van der Waals surface area (Å²) in [5.41, 5.74) is 2.37. The van der Waals surface area contributed by atoms with Gasteiger partial charge in [0.05, 0.1) is 6.54 Å². The van der Waals surface area contributed by atoms with Crippen molar-refractivity contribution in [3.05, 3.63) is 50.8 Å². The summed E-state index contributed by atoms with van der Waals surface area (Å²) in [4.78, 5) is 0. The fourth-order valence-corrected chi connectivity index (χ4v) is 2.56. The molecule has 4 heteroatoms. The first-order valence-corrected chi connectivity index (χ1v) is 6.41. The van der Waals surface area contributed by atoms with Crippen LogP contribution in [0.2, 0.25) is 5.02 Å². The zero-order chi connectivity index (χ0) is 11.5. The summed E-state index contributed by atoms with van der Waals surface area (Å²) in [5.74, 6) is 0. The number of rotatable bonds is 3. The largest absolute Gasteiger partial charge is 0.379 e. The van der Waals surface area contributed by atoms with Crippen molar-refractivity contribution in [3.63, 3.8) is 0 Å². The van der Waals surface area contributed by atoms with E-state index in [9.17, 15) is 0 Å². The van der Waals surface area contributed by atoms with E-state index in [0.717, 1.165) is 20.8 Å². The molecule has 1 N–H and O–H groups in total. The third-order valence-electron chi connectivity index (χ3n) is 2.44. The zero-order valence-corrected chi connectivity index (χ0v) is 11.8. The van der Waals surface area contributed by atoms with Gasteiger partial charge in [0, 0.05) is 33.2 Å². The molecule has 0 amide bonds. The van der Waals surface area contributed by atoms with Gasteiger partial charge in [0.25, 0.3) is 0 Å². The normalized spacial score (nSPS) is 10.4. The van der Waals surface area contributed by atoms with Crippen molar-refractivity contribution in [2.45, 2.75) is 6.54 Å². The Balaban J connectivity index is 2.08. The molecule has 0 saturated carbocycles. The highest BCUT2D eigenvalue weighted by molar-refractivity contribution is 14.1. The van der Waals surface area contributed by atoms with Gasteiger partial charge in [-0.1, -0.05) is 11.6 Å². The van der Waals surface area contributed by atoms with Crippen molar-refractivity contribution in [2.75, 3.05) is 5.32 Å². The van der Waals surface area contributed by atoms with E-state index < -0.39 is 0 Å². The molecule has 1 aromatic carbocycles. The molecule has 1 aromatic heterocycles. The molecule has 2 rings (SSSR count). The molecular weight excluding hydrogens is 335 g/mol. The van der Waals surface area contributed by atoms with E-state index in [4.69, 9.17) is 11.6 Å². The lowest BCUT2D eigenvalue weighted by Gasteiger charge is -2.09. The van der Waals surface area contributed by atoms with Gasteiger partial charge in [-0.15, -0.1) is 0 Å². The van der Waals surface area contributed by atoms with Crippen LogP contribution >= 0.6 is 34.2 Å². The van der Waals surface area contributed by atoms with Crippen molar-refractivity contribution in [2.24, 2.45) is 7.05 Å². The average molecular weight is 347 g/mol. The van der Waals surface area contributed by atoms with Gasteiger partial charge in [-0.3, -0.25) is 0 Å². The minimum absolute atomic E-state index is 0.772. The fraction of sp³-hybridized carbons (Fsp3) is 0.167. The number of nitrogens with zero attached hydrogens (tertiary/aromatic N) is 1. The first-order chi connectivity index (χ1) is 7.66. The molecule has 0 aliphatic carbocycles. The molecule has 0 radical (unpaired) electrons. The van der Waals surface area contributed by atoms with E-state index in [1.807, 2.05) is 37.5 Å². The summed E-state index contributed by atoms with van der Waals surface area (Å²) in [6.07, 6.45) is 2.05. The molecule has 0 aliphatic rings. The second-order valence-electron chi connectivity index (χ2n) is 3.59. The number of aryl methyl sites for hydroxylation is 1. The van der Waals surface area contributed by atoms with E-state index in [2.05, 4.69) is 38.5 Å². The Morgan fingerprint density at radius 1 is 1.38 bits per heavy atom. The minimum atomic E-state index is 0.772. The molecule has 0 atom stereocenters. The summed E-state index contributed by atoms with van der Waals surface area (Å²) in [7, 11) is 2.05. The number of anilines is 1. The van der Waals surface area contributed by atoms with Gasteiger partial charge in [-0.2, -0.15) is 0 Å². The van der Waals surface area contributed by atoms with Crippen LogP contribution < -0.4 is 5.32 Å². The van der Waals surface area contributed by atoms with Gasteiger partial charge in [0.2, 0.25) is 0 Å². The molecule has 0 bridgehead atoms. The summed E-state index contributed by atoms with van der Waals surface area (Å²) in [6, 6.07) is 10.0. The number of hydrogen-bond acceptors (Lipinski definition) is 1. The van der Waals surface area contributed by atoms with E-state index in [1.165, 1.54) is 5.69 Å². The Morgan fingerprint density at radius 3 is 2.81 bits per heavy atom. The molecule has 0 unspecified atom stereocenters.